The molecule has 1 aromatic carbocycles. The van der Waals surface area contributed by atoms with Gasteiger partial charge < -0.3 is 44.9 Å². The molecule has 1 saturated heterocycles. The average molecular weight is 933 g/mol. The molecule has 0 saturated carbocycles. The Balaban J connectivity index is 2.31. The zero-order valence-corrected chi connectivity index (χ0v) is 41.7. The molecule has 0 unspecified atom stereocenters. The third kappa shape index (κ3) is 16.9. The van der Waals surface area contributed by atoms with Gasteiger partial charge >= 0.3 is 17.9 Å². The van der Waals surface area contributed by atoms with E-state index < -0.39 is 85.2 Å². The molecule has 1 aliphatic rings. The van der Waals surface area contributed by atoms with Crippen molar-refractivity contribution in [1.82, 2.24) is 30.2 Å². The maximum Gasteiger partial charge on any atom is 0.329 e. The Bertz CT molecular complexity index is 1710. The van der Waals surface area contributed by atoms with E-state index in [1.807, 2.05) is 73.4 Å². The molecule has 1 aliphatic heterocycles. The number of ether oxygens (including phenoxy) is 3. The van der Waals surface area contributed by atoms with Gasteiger partial charge in [-0.3, -0.25) is 38.6 Å². The number of carboxylic acids is 2. The van der Waals surface area contributed by atoms with Crippen LogP contribution in [0.4, 0.5) is 0 Å². The Hall–Kier alpha value is -4.65. The molecule has 1 aromatic rings. The number of likely N-dealkylation sites (tertiary alicyclic amines) is 1. The molecule has 0 aliphatic carbocycles. The smallest absolute Gasteiger partial charge is 0.329 e. The molecular formula is C48H80N6O12. The minimum absolute atomic E-state index is 0.00427. The Kier molecular flexibility index (Phi) is 24.3. The second-order valence-electron chi connectivity index (χ2n) is 18.7. The maximum absolute atomic E-state index is 14.5. The van der Waals surface area contributed by atoms with E-state index in [2.05, 4.69) is 10.6 Å². The van der Waals surface area contributed by atoms with Crippen LogP contribution in [0, 0.1) is 23.7 Å². The van der Waals surface area contributed by atoms with Crippen LogP contribution >= 0.6 is 0 Å². The van der Waals surface area contributed by atoms with Crippen LogP contribution in [-0.4, -0.2) is 181 Å². The van der Waals surface area contributed by atoms with Crippen LogP contribution in [0.3, 0.4) is 0 Å². The van der Waals surface area contributed by atoms with Crippen molar-refractivity contribution in [2.24, 2.45) is 23.7 Å². The first kappa shape index (κ1) is 57.5. The van der Waals surface area contributed by atoms with Gasteiger partial charge in [-0.2, -0.15) is 0 Å². The number of carbonyl (C=O) groups excluding carboxylic acids is 5. The van der Waals surface area contributed by atoms with E-state index in [0.717, 1.165) is 10.5 Å². The van der Waals surface area contributed by atoms with Gasteiger partial charge in [0.25, 0.3) is 0 Å². The number of nitrogens with zero attached hydrogens (tertiary/aromatic N) is 4. The first-order valence-corrected chi connectivity index (χ1v) is 23.3. The second-order valence-corrected chi connectivity index (χ2v) is 18.7. The number of carboxylic acid groups (broad SMARTS) is 2. The maximum atomic E-state index is 14.5. The number of benzene rings is 1. The predicted molar refractivity (Wildman–Crippen MR) is 249 cm³/mol. The Morgan fingerprint density at radius 1 is 0.833 bits per heavy atom. The summed E-state index contributed by atoms with van der Waals surface area (Å²) < 4.78 is 17.5. The molecule has 4 N–H and O–H groups in total. The van der Waals surface area contributed by atoms with Gasteiger partial charge in [0, 0.05) is 46.8 Å². The lowest BCUT2D eigenvalue weighted by molar-refractivity contribution is -0.150. The standard InChI is InChI=1S/C48H80N6O12/c1-14-32(8)43(52(11)47(62)41(29(2)3)50-46(61)42(30(4)5)51(10)31(6)7)37(64-12)26-38(55)54-22-18-21-36(54)44(65-13)33(9)45(60)49-35(25-34-19-16-15-17-20-34)48(63)66-24-23-53(27-39(56)57)28-40(58)59/h15-17,19-20,29-33,35-37,41-44H,14,18,21-28H2,1-13H3,(H,49,60)(H,50,61)(H,56,57)(H,58,59)/t32-,33+,35-,36-,37+,41-,42-,43-,44+/m0/s1. The summed E-state index contributed by atoms with van der Waals surface area (Å²) in [4.78, 5) is 99.2. The van der Waals surface area contributed by atoms with Crippen molar-refractivity contribution >= 4 is 41.5 Å². The molecule has 0 aromatic heterocycles. The summed E-state index contributed by atoms with van der Waals surface area (Å²) in [5.74, 6) is -5.70. The normalized spacial score (nSPS) is 17.8. The van der Waals surface area contributed by atoms with Crippen molar-refractivity contribution in [2.45, 2.75) is 143 Å². The van der Waals surface area contributed by atoms with Gasteiger partial charge in [-0.25, -0.2) is 4.79 Å². The van der Waals surface area contributed by atoms with Crippen molar-refractivity contribution in [3.8, 4) is 0 Å². The summed E-state index contributed by atoms with van der Waals surface area (Å²) in [6.45, 7) is 16.3. The molecule has 0 spiro atoms. The lowest BCUT2D eigenvalue weighted by Crippen LogP contribution is -2.60. The van der Waals surface area contributed by atoms with Crippen LogP contribution < -0.4 is 10.6 Å². The number of likely N-dealkylation sites (N-methyl/N-ethyl adjacent to an activating group) is 2. The largest absolute Gasteiger partial charge is 0.480 e. The zero-order chi connectivity index (χ0) is 50.0. The van der Waals surface area contributed by atoms with E-state index in [4.69, 9.17) is 14.2 Å². The second kappa shape index (κ2) is 27.9. The molecule has 1 heterocycles. The van der Waals surface area contributed by atoms with Crippen molar-refractivity contribution in [1.29, 1.82) is 0 Å². The molecule has 2 rings (SSSR count). The van der Waals surface area contributed by atoms with E-state index in [1.165, 1.54) is 14.2 Å². The van der Waals surface area contributed by atoms with Crippen LogP contribution in [0.1, 0.15) is 93.6 Å². The van der Waals surface area contributed by atoms with Gasteiger partial charge in [0.2, 0.25) is 23.6 Å². The first-order valence-electron chi connectivity index (χ1n) is 23.3. The molecule has 4 amide bonds. The number of amides is 4. The molecule has 18 heteroatoms. The van der Waals surface area contributed by atoms with Crippen molar-refractivity contribution in [3.05, 3.63) is 35.9 Å². The number of methoxy groups -OCH3 is 2. The number of carbonyl (C=O) groups is 7. The van der Waals surface area contributed by atoms with Crippen molar-refractivity contribution in [3.63, 3.8) is 0 Å². The monoisotopic (exact) mass is 933 g/mol. The highest BCUT2D eigenvalue weighted by molar-refractivity contribution is 5.90. The fraction of sp³-hybridized carbons (Fsp3) is 0.729. The molecule has 66 heavy (non-hydrogen) atoms. The van der Waals surface area contributed by atoms with Crippen molar-refractivity contribution < 1.29 is 58.0 Å². The molecular weight excluding hydrogens is 853 g/mol. The highest BCUT2D eigenvalue weighted by Gasteiger charge is 2.44. The summed E-state index contributed by atoms with van der Waals surface area (Å²) in [6.07, 6.45) is 0.395. The van der Waals surface area contributed by atoms with Crippen LogP contribution in [0.25, 0.3) is 0 Å². The van der Waals surface area contributed by atoms with Crippen LogP contribution in [-0.2, 0) is 54.2 Å². The van der Waals surface area contributed by atoms with Gasteiger partial charge in [0.05, 0.1) is 55.8 Å². The molecule has 18 nitrogen and oxygen atoms in total. The predicted octanol–water partition coefficient (Wildman–Crippen LogP) is 3.15. The Labute approximate surface area is 392 Å². The fourth-order valence-corrected chi connectivity index (χ4v) is 8.88. The SMILES string of the molecule is CC[C@H](C)[C@@H]([C@@H](CC(=O)N1CCC[C@H]1[C@H](OC)[C@@H](C)C(=O)N[C@@H](Cc1ccccc1)C(=O)OCCN(CC(=O)O)CC(=O)O)OC)N(C)C(=O)[C@@H](NC(=O)[C@H](C(C)C)N(C)C(C)C)C(C)C. The molecule has 1 fully saturated rings. The lowest BCUT2D eigenvalue weighted by atomic mass is 9.89. The third-order valence-corrected chi connectivity index (χ3v) is 12.9. The number of rotatable bonds is 29. The molecule has 0 bridgehead atoms. The van der Waals surface area contributed by atoms with Gasteiger partial charge in [-0.05, 0) is 57.1 Å². The fourth-order valence-electron chi connectivity index (χ4n) is 8.88. The van der Waals surface area contributed by atoms with E-state index >= 15 is 0 Å². The minimum atomic E-state index is -1.24. The number of hydrogen-bond acceptors (Lipinski definition) is 12. The number of esters is 1. The molecule has 374 valence electrons. The number of aliphatic carboxylic acids is 2. The lowest BCUT2D eigenvalue weighted by Gasteiger charge is -2.41. The van der Waals surface area contributed by atoms with Gasteiger partial charge in [0.1, 0.15) is 18.7 Å². The quantitative estimate of drug-likeness (QED) is 0.0848. The summed E-state index contributed by atoms with van der Waals surface area (Å²) in [7, 11) is 6.60. The first-order chi connectivity index (χ1) is 31.0. The summed E-state index contributed by atoms with van der Waals surface area (Å²) in [5.41, 5.74) is 0.732. The topological polar surface area (TPSA) is 225 Å². The summed E-state index contributed by atoms with van der Waals surface area (Å²) in [6, 6.07) is 5.62. The van der Waals surface area contributed by atoms with Crippen LogP contribution in [0.2, 0.25) is 0 Å². The highest BCUT2D eigenvalue weighted by Crippen LogP contribution is 2.30. The van der Waals surface area contributed by atoms with Crippen LogP contribution in [0.5, 0.6) is 0 Å². The van der Waals surface area contributed by atoms with E-state index in [1.54, 1.807) is 48.0 Å². The van der Waals surface area contributed by atoms with Crippen LogP contribution in [0.15, 0.2) is 30.3 Å². The van der Waals surface area contributed by atoms with E-state index in [0.29, 0.717) is 25.8 Å². The summed E-state index contributed by atoms with van der Waals surface area (Å²) >= 11 is 0. The molecule has 9 atom stereocenters. The number of hydrogen-bond donors (Lipinski definition) is 4. The summed E-state index contributed by atoms with van der Waals surface area (Å²) in [5, 5.41) is 24.3. The van der Waals surface area contributed by atoms with Gasteiger partial charge in [0.15, 0.2) is 0 Å². The van der Waals surface area contributed by atoms with E-state index in [-0.39, 0.29) is 67.5 Å². The van der Waals surface area contributed by atoms with Gasteiger partial charge in [-0.1, -0.05) is 85.2 Å². The number of nitrogens with one attached hydrogen (secondary N) is 2. The van der Waals surface area contributed by atoms with Gasteiger partial charge in [-0.15, -0.1) is 0 Å². The Morgan fingerprint density at radius 2 is 1.44 bits per heavy atom. The average Bonchev–Trinajstić information content (AvgIpc) is 3.74. The zero-order valence-electron chi connectivity index (χ0n) is 41.7. The Morgan fingerprint density at radius 3 is 1.94 bits per heavy atom. The highest BCUT2D eigenvalue weighted by atomic mass is 16.5. The van der Waals surface area contributed by atoms with Crippen molar-refractivity contribution in [2.75, 3.05) is 61.1 Å². The van der Waals surface area contributed by atoms with E-state index in [9.17, 15) is 43.8 Å². The molecule has 0 radical (unpaired) electrons. The third-order valence-electron chi connectivity index (χ3n) is 12.9. The minimum Gasteiger partial charge on any atom is -0.480 e.